The molecule has 0 unspecified atom stereocenters. The Bertz CT molecular complexity index is 601. The minimum absolute atomic E-state index is 0.241. The zero-order valence-corrected chi connectivity index (χ0v) is 14.2. The molecular formula is C18H25N3O3. The van der Waals surface area contributed by atoms with Crippen LogP contribution in [0.4, 0.5) is 4.79 Å². The molecule has 2 rings (SSSR count). The maximum absolute atomic E-state index is 12.6. The molecule has 0 aliphatic carbocycles. The molecule has 1 aliphatic rings. The van der Waals surface area contributed by atoms with Gasteiger partial charge in [-0.2, -0.15) is 0 Å². The number of nitrogens with zero attached hydrogens (tertiary/aromatic N) is 1. The molecule has 1 heterocycles. The summed E-state index contributed by atoms with van der Waals surface area (Å²) in [5.74, 6) is -0.241. The SMILES string of the molecule is C=CCNC(=O)N1CC[C@@](C)(O)[C@@H](NC(C)=O)[C@@H]1c1ccccc1. The first kappa shape index (κ1) is 18.0. The largest absolute Gasteiger partial charge is 0.388 e. The van der Waals surface area contributed by atoms with E-state index in [0.717, 1.165) is 5.56 Å². The predicted octanol–water partition coefficient (Wildman–Crippen LogP) is 1.58. The van der Waals surface area contributed by atoms with Crippen LogP contribution in [0, 0.1) is 0 Å². The minimum Gasteiger partial charge on any atom is -0.388 e. The molecule has 3 atom stereocenters. The molecule has 3 N–H and O–H groups in total. The van der Waals surface area contributed by atoms with Gasteiger partial charge in [-0.05, 0) is 18.9 Å². The molecule has 0 aromatic heterocycles. The van der Waals surface area contributed by atoms with Crippen LogP contribution in [0.15, 0.2) is 43.0 Å². The Kier molecular flexibility index (Phi) is 5.62. The van der Waals surface area contributed by atoms with Crippen molar-refractivity contribution in [3.8, 4) is 0 Å². The predicted molar refractivity (Wildman–Crippen MR) is 92.3 cm³/mol. The maximum Gasteiger partial charge on any atom is 0.318 e. The second kappa shape index (κ2) is 7.49. The Balaban J connectivity index is 2.41. The summed E-state index contributed by atoms with van der Waals surface area (Å²) >= 11 is 0. The summed E-state index contributed by atoms with van der Waals surface area (Å²) < 4.78 is 0. The molecule has 1 fully saturated rings. The fraction of sp³-hybridized carbons (Fsp3) is 0.444. The van der Waals surface area contributed by atoms with E-state index < -0.39 is 17.7 Å². The zero-order valence-electron chi connectivity index (χ0n) is 14.2. The van der Waals surface area contributed by atoms with Gasteiger partial charge in [0, 0.05) is 20.0 Å². The molecule has 130 valence electrons. The number of hydrogen-bond acceptors (Lipinski definition) is 3. The highest BCUT2D eigenvalue weighted by atomic mass is 16.3. The van der Waals surface area contributed by atoms with Gasteiger partial charge in [-0.1, -0.05) is 36.4 Å². The van der Waals surface area contributed by atoms with Crippen LogP contribution in [-0.4, -0.2) is 46.7 Å². The third-order valence-corrected chi connectivity index (χ3v) is 4.34. The van der Waals surface area contributed by atoms with Crippen molar-refractivity contribution in [2.24, 2.45) is 0 Å². The Morgan fingerprint density at radius 1 is 1.42 bits per heavy atom. The highest BCUT2D eigenvalue weighted by Gasteiger charge is 2.47. The lowest BCUT2D eigenvalue weighted by Crippen LogP contribution is -2.64. The summed E-state index contributed by atoms with van der Waals surface area (Å²) in [6, 6.07) is 8.15. The van der Waals surface area contributed by atoms with Gasteiger partial charge in [0.25, 0.3) is 0 Å². The van der Waals surface area contributed by atoms with E-state index in [0.29, 0.717) is 19.5 Å². The molecule has 0 radical (unpaired) electrons. The molecule has 1 aliphatic heterocycles. The number of piperidine rings is 1. The summed E-state index contributed by atoms with van der Waals surface area (Å²) in [5, 5.41) is 16.4. The molecule has 1 aromatic carbocycles. The van der Waals surface area contributed by atoms with Gasteiger partial charge >= 0.3 is 6.03 Å². The van der Waals surface area contributed by atoms with Gasteiger partial charge in [-0.25, -0.2) is 4.79 Å². The quantitative estimate of drug-likeness (QED) is 0.733. The molecule has 0 bridgehead atoms. The Hall–Kier alpha value is -2.34. The first-order chi connectivity index (χ1) is 11.4. The zero-order chi connectivity index (χ0) is 17.7. The summed E-state index contributed by atoms with van der Waals surface area (Å²) in [7, 11) is 0. The number of carbonyl (C=O) groups is 2. The lowest BCUT2D eigenvalue weighted by Gasteiger charge is -2.48. The number of carbonyl (C=O) groups excluding carboxylic acids is 2. The molecule has 24 heavy (non-hydrogen) atoms. The normalized spacial score (nSPS) is 26.5. The lowest BCUT2D eigenvalue weighted by molar-refractivity contribution is -0.125. The number of amides is 3. The summed E-state index contributed by atoms with van der Waals surface area (Å²) in [6.07, 6.45) is 1.99. The van der Waals surface area contributed by atoms with Crippen molar-refractivity contribution >= 4 is 11.9 Å². The summed E-state index contributed by atoms with van der Waals surface area (Å²) in [6.45, 7) is 7.46. The monoisotopic (exact) mass is 331 g/mol. The van der Waals surface area contributed by atoms with Crippen molar-refractivity contribution in [1.82, 2.24) is 15.5 Å². The maximum atomic E-state index is 12.6. The molecule has 1 aromatic rings. The van der Waals surface area contributed by atoms with Crippen LogP contribution in [0.2, 0.25) is 0 Å². The van der Waals surface area contributed by atoms with Crippen LogP contribution < -0.4 is 10.6 Å². The average molecular weight is 331 g/mol. The second-order valence-corrected chi connectivity index (χ2v) is 6.31. The third-order valence-electron chi connectivity index (χ3n) is 4.34. The average Bonchev–Trinajstić information content (AvgIpc) is 2.54. The van der Waals surface area contributed by atoms with Crippen LogP contribution in [0.5, 0.6) is 0 Å². The van der Waals surface area contributed by atoms with Crippen molar-refractivity contribution in [1.29, 1.82) is 0 Å². The van der Waals surface area contributed by atoms with Crippen LogP contribution in [0.25, 0.3) is 0 Å². The Morgan fingerprint density at radius 3 is 2.67 bits per heavy atom. The first-order valence-electron chi connectivity index (χ1n) is 8.06. The number of rotatable bonds is 4. The molecular weight excluding hydrogens is 306 g/mol. The van der Waals surface area contributed by atoms with E-state index in [-0.39, 0.29) is 11.9 Å². The third kappa shape index (κ3) is 3.94. The topological polar surface area (TPSA) is 81.7 Å². The fourth-order valence-corrected chi connectivity index (χ4v) is 3.13. The highest BCUT2D eigenvalue weighted by Crippen LogP contribution is 2.37. The van der Waals surface area contributed by atoms with Crippen LogP contribution >= 0.6 is 0 Å². The van der Waals surface area contributed by atoms with E-state index in [2.05, 4.69) is 17.2 Å². The number of nitrogens with one attached hydrogen (secondary N) is 2. The van der Waals surface area contributed by atoms with E-state index in [1.165, 1.54) is 6.92 Å². The van der Waals surface area contributed by atoms with E-state index in [9.17, 15) is 14.7 Å². The first-order valence-corrected chi connectivity index (χ1v) is 8.06. The lowest BCUT2D eigenvalue weighted by atomic mass is 9.79. The molecule has 3 amide bonds. The van der Waals surface area contributed by atoms with Gasteiger partial charge in [-0.3, -0.25) is 4.79 Å². The Labute approximate surface area is 142 Å². The van der Waals surface area contributed by atoms with Crippen LogP contribution in [0.1, 0.15) is 31.9 Å². The molecule has 6 heteroatoms. The van der Waals surface area contributed by atoms with Crippen molar-refractivity contribution in [3.63, 3.8) is 0 Å². The van der Waals surface area contributed by atoms with Gasteiger partial charge in [-0.15, -0.1) is 6.58 Å². The number of urea groups is 1. The van der Waals surface area contributed by atoms with Crippen LogP contribution in [-0.2, 0) is 4.79 Å². The summed E-state index contributed by atoms with van der Waals surface area (Å²) in [5.41, 5.74) is -0.244. The van der Waals surface area contributed by atoms with Crippen molar-refractivity contribution in [2.75, 3.05) is 13.1 Å². The fourth-order valence-electron chi connectivity index (χ4n) is 3.13. The van der Waals surface area contributed by atoms with Gasteiger partial charge in [0.15, 0.2) is 0 Å². The van der Waals surface area contributed by atoms with Crippen molar-refractivity contribution in [3.05, 3.63) is 48.6 Å². The van der Waals surface area contributed by atoms with Gasteiger partial charge in [0.1, 0.15) is 0 Å². The molecule has 0 saturated carbocycles. The van der Waals surface area contributed by atoms with E-state index in [1.54, 1.807) is 17.9 Å². The number of aliphatic hydroxyl groups is 1. The minimum atomic E-state index is -1.11. The molecule has 6 nitrogen and oxygen atoms in total. The Morgan fingerprint density at radius 2 is 2.08 bits per heavy atom. The summed E-state index contributed by atoms with van der Waals surface area (Å²) in [4.78, 5) is 25.9. The molecule has 1 saturated heterocycles. The smallest absolute Gasteiger partial charge is 0.318 e. The van der Waals surface area contributed by atoms with Crippen LogP contribution in [0.3, 0.4) is 0 Å². The number of hydrogen-bond donors (Lipinski definition) is 3. The number of likely N-dealkylation sites (tertiary alicyclic amines) is 1. The van der Waals surface area contributed by atoms with E-state index in [4.69, 9.17) is 0 Å². The van der Waals surface area contributed by atoms with Gasteiger partial charge < -0.3 is 20.6 Å². The van der Waals surface area contributed by atoms with Crippen molar-refractivity contribution < 1.29 is 14.7 Å². The molecule has 0 spiro atoms. The standard InChI is InChI=1S/C18H25N3O3/c1-4-11-19-17(23)21-12-10-18(3,24)16(20-13(2)22)15(21)14-8-6-5-7-9-14/h4-9,15-16,24H,1,10-12H2,2-3H3,(H,19,23)(H,20,22)/t15-,16-,18+/m0/s1. The van der Waals surface area contributed by atoms with E-state index in [1.807, 2.05) is 30.3 Å². The highest BCUT2D eigenvalue weighted by molar-refractivity contribution is 5.76. The van der Waals surface area contributed by atoms with Gasteiger partial charge in [0.05, 0.1) is 17.7 Å². The second-order valence-electron chi connectivity index (χ2n) is 6.31. The van der Waals surface area contributed by atoms with E-state index >= 15 is 0 Å². The van der Waals surface area contributed by atoms with Gasteiger partial charge in [0.2, 0.25) is 5.91 Å². The number of benzene rings is 1. The van der Waals surface area contributed by atoms with Crippen molar-refractivity contribution in [2.45, 2.75) is 38.0 Å².